The fraction of sp³-hybridized carbons (Fsp3) is 0.350. The zero-order valence-electron chi connectivity index (χ0n) is 14.5. The number of hydrogen-bond donors (Lipinski definition) is 0. The van der Waals surface area contributed by atoms with Crippen LogP contribution in [0.15, 0.2) is 53.4 Å². The molecule has 0 saturated carbocycles. The van der Waals surface area contributed by atoms with Crippen molar-refractivity contribution < 1.29 is 13.2 Å². The third-order valence-electron chi connectivity index (χ3n) is 5.60. The minimum atomic E-state index is -3.39. The molecule has 0 N–H and O–H groups in total. The molecule has 7 heteroatoms. The van der Waals surface area contributed by atoms with E-state index in [1.807, 2.05) is 4.90 Å². The Kier molecular flexibility index (Phi) is 4.95. The highest BCUT2D eigenvalue weighted by atomic mass is 35.5. The summed E-state index contributed by atoms with van der Waals surface area (Å²) in [5, 5.41) is 0.301. The van der Waals surface area contributed by atoms with Crippen molar-refractivity contribution in [1.29, 1.82) is 0 Å². The summed E-state index contributed by atoms with van der Waals surface area (Å²) in [6.45, 7) is 0. The van der Waals surface area contributed by atoms with Crippen LogP contribution in [-0.2, 0) is 9.84 Å². The van der Waals surface area contributed by atoms with Crippen LogP contribution in [0.4, 0.5) is 0 Å². The van der Waals surface area contributed by atoms with E-state index in [0.29, 0.717) is 33.3 Å². The van der Waals surface area contributed by atoms with Gasteiger partial charge in [-0.2, -0.15) is 0 Å². The molecule has 2 bridgehead atoms. The number of rotatable bonds is 3. The third-order valence-corrected chi connectivity index (χ3v) is 8.53. The van der Waals surface area contributed by atoms with Gasteiger partial charge in [-0.25, -0.2) is 8.42 Å². The van der Waals surface area contributed by atoms with Gasteiger partial charge in [0.1, 0.15) is 0 Å². The molecule has 2 saturated heterocycles. The number of benzene rings is 2. The van der Waals surface area contributed by atoms with Crippen LogP contribution in [0.3, 0.4) is 0 Å². The van der Waals surface area contributed by atoms with Gasteiger partial charge in [-0.05, 0) is 56.0 Å². The highest BCUT2D eigenvalue weighted by Crippen LogP contribution is 2.40. The maximum atomic E-state index is 13.0. The van der Waals surface area contributed by atoms with E-state index in [1.54, 1.807) is 48.5 Å². The lowest BCUT2D eigenvalue weighted by Crippen LogP contribution is -2.49. The lowest BCUT2D eigenvalue weighted by Gasteiger charge is -2.38. The van der Waals surface area contributed by atoms with Gasteiger partial charge in [0.05, 0.1) is 20.2 Å². The summed E-state index contributed by atoms with van der Waals surface area (Å²) >= 11 is 12.0. The normalized spacial score (nSPS) is 24.8. The number of hydrogen-bond acceptors (Lipinski definition) is 3. The highest BCUT2D eigenvalue weighted by molar-refractivity contribution is 7.92. The lowest BCUT2D eigenvalue weighted by molar-refractivity contribution is 0.0598. The van der Waals surface area contributed by atoms with E-state index < -0.39 is 15.1 Å². The van der Waals surface area contributed by atoms with Crippen LogP contribution in [0.1, 0.15) is 36.0 Å². The van der Waals surface area contributed by atoms with Crippen LogP contribution in [0, 0.1) is 0 Å². The van der Waals surface area contributed by atoms with E-state index in [1.165, 1.54) is 0 Å². The maximum absolute atomic E-state index is 13.0. The van der Waals surface area contributed by atoms with Gasteiger partial charge in [0.25, 0.3) is 5.91 Å². The lowest BCUT2D eigenvalue weighted by atomic mass is 10.0. The molecular weight excluding hydrogens is 405 g/mol. The van der Waals surface area contributed by atoms with Gasteiger partial charge in [-0.3, -0.25) is 4.79 Å². The summed E-state index contributed by atoms with van der Waals surface area (Å²) in [5.41, 5.74) is 0.491. The molecule has 142 valence electrons. The smallest absolute Gasteiger partial charge is 0.254 e. The number of halogens is 2. The predicted octanol–water partition coefficient (Wildman–Crippen LogP) is 4.60. The Morgan fingerprint density at radius 1 is 0.926 bits per heavy atom. The predicted molar refractivity (Wildman–Crippen MR) is 106 cm³/mol. The van der Waals surface area contributed by atoms with Crippen molar-refractivity contribution in [1.82, 2.24) is 4.90 Å². The Bertz CT molecular complexity index is 964. The molecule has 27 heavy (non-hydrogen) atoms. The fourth-order valence-electron chi connectivity index (χ4n) is 4.29. The Hall–Kier alpha value is -1.56. The molecule has 0 radical (unpaired) electrons. The summed E-state index contributed by atoms with van der Waals surface area (Å²) in [7, 11) is -3.39. The number of amides is 1. The fourth-order valence-corrected chi connectivity index (χ4v) is 6.46. The van der Waals surface area contributed by atoms with Crippen LogP contribution >= 0.6 is 23.2 Å². The molecule has 0 aromatic heterocycles. The Balaban J connectivity index is 1.57. The second-order valence-corrected chi connectivity index (χ2v) is 10.2. The van der Waals surface area contributed by atoms with Crippen LogP contribution < -0.4 is 0 Å². The van der Waals surface area contributed by atoms with Crippen molar-refractivity contribution >= 4 is 38.9 Å². The largest absolute Gasteiger partial charge is 0.333 e. The first kappa shape index (κ1) is 18.8. The maximum Gasteiger partial charge on any atom is 0.254 e. The van der Waals surface area contributed by atoms with Gasteiger partial charge in [-0.15, -0.1) is 0 Å². The van der Waals surface area contributed by atoms with Crippen molar-refractivity contribution in [3.8, 4) is 0 Å². The minimum Gasteiger partial charge on any atom is -0.333 e. The molecule has 2 aromatic rings. The van der Waals surface area contributed by atoms with Gasteiger partial charge >= 0.3 is 0 Å². The van der Waals surface area contributed by atoms with Gasteiger partial charge in [0, 0.05) is 17.6 Å². The van der Waals surface area contributed by atoms with E-state index in [-0.39, 0.29) is 18.0 Å². The summed E-state index contributed by atoms with van der Waals surface area (Å²) in [4.78, 5) is 15.2. The van der Waals surface area contributed by atoms with Crippen molar-refractivity contribution in [2.75, 3.05) is 0 Å². The molecule has 2 aromatic carbocycles. The van der Waals surface area contributed by atoms with E-state index in [4.69, 9.17) is 23.2 Å². The highest BCUT2D eigenvalue weighted by Gasteiger charge is 2.47. The first-order chi connectivity index (χ1) is 12.9. The van der Waals surface area contributed by atoms with Gasteiger partial charge in [0.2, 0.25) is 0 Å². The van der Waals surface area contributed by atoms with Gasteiger partial charge in [0.15, 0.2) is 9.84 Å². The molecule has 1 amide bonds. The Morgan fingerprint density at radius 2 is 1.56 bits per heavy atom. The topological polar surface area (TPSA) is 54.5 Å². The molecule has 2 fully saturated rings. The Labute approximate surface area is 169 Å². The van der Waals surface area contributed by atoms with E-state index in [2.05, 4.69) is 0 Å². The molecule has 0 spiro atoms. The van der Waals surface area contributed by atoms with Gasteiger partial charge < -0.3 is 4.90 Å². The number of fused-ring (bicyclic) bond motifs is 2. The van der Waals surface area contributed by atoms with Crippen molar-refractivity contribution in [2.45, 2.75) is 47.9 Å². The SMILES string of the molecule is O=C(c1ccc(Cl)c(Cl)c1)N1C2CCC1CC(S(=O)(=O)c1ccccc1)C2. The number of carbonyl (C=O) groups excluding carboxylic acids is 1. The molecule has 2 unspecified atom stereocenters. The number of sulfone groups is 1. The van der Waals surface area contributed by atoms with Gasteiger partial charge in [-0.1, -0.05) is 41.4 Å². The molecule has 4 nitrogen and oxygen atoms in total. The molecule has 2 heterocycles. The quantitative estimate of drug-likeness (QED) is 0.724. The van der Waals surface area contributed by atoms with Crippen LogP contribution in [0.2, 0.25) is 10.0 Å². The summed E-state index contributed by atoms with van der Waals surface area (Å²) in [6, 6.07) is 13.3. The first-order valence-corrected chi connectivity index (χ1v) is 11.2. The standard InChI is InChI=1S/C20H19Cl2NO3S/c21-18-9-6-13(10-19(18)22)20(24)23-14-7-8-15(23)12-17(11-14)27(25,26)16-4-2-1-3-5-16/h1-6,9-10,14-15,17H,7-8,11-12H2. The number of nitrogens with zero attached hydrogens (tertiary/aromatic N) is 1. The molecular formula is C20H19Cl2NO3S. The third kappa shape index (κ3) is 3.37. The second-order valence-electron chi connectivity index (χ2n) is 7.18. The van der Waals surface area contributed by atoms with Crippen molar-refractivity contribution in [3.05, 3.63) is 64.1 Å². The minimum absolute atomic E-state index is 0.0609. The zero-order chi connectivity index (χ0) is 19.2. The molecule has 0 aliphatic carbocycles. The van der Waals surface area contributed by atoms with Crippen LogP contribution in [0.25, 0.3) is 0 Å². The van der Waals surface area contributed by atoms with E-state index >= 15 is 0 Å². The monoisotopic (exact) mass is 423 g/mol. The number of piperidine rings is 1. The average Bonchev–Trinajstić information content (AvgIpc) is 2.93. The first-order valence-electron chi connectivity index (χ1n) is 8.94. The average molecular weight is 424 g/mol. The van der Waals surface area contributed by atoms with E-state index in [0.717, 1.165) is 12.8 Å². The summed E-state index contributed by atoms with van der Waals surface area (Å²) < 4.78 is 26.0. The number of carbonyl (C=O) groups is 1. The molecule has 2 aliphatic heterocycles. The Morgan fingerprint density at radius 3 is 2.15 bits per heavy atom. The summed E-state index contributed by atoms with van der Waals surface area (Å²) in [5.74, 6) is -0.100. The molecule has 2 atom stereocenters. The second kappa shape index (κ2) is 7.12. The van der Waals surface area contributed by atoms with Crippen molar-refractivity contribution in [3.63, 3.8) is 0 Å². The molecule has 2 aliphatic rings. The van der Waals surface area contributed by atoms with Crippen LogP contribution in [-0.4, -0.2) is 36.6 Å². The van der Waals surface area contributed by atoms with Crippen LogP contribution in [0.5, 0.6) is 0 Å². The van der Waals surface area contributed by atoms with Crippen molar-refractivity contribution in [2.24, 2.45) is 0 Å². The van der Waals surface area contributed by atoms with E-state index in [9.17, 15) is 13.2 Å². The zero-order valence-corrected chi connectivity index (χ0v) is 16.8. The molecule has 4 rings (SSSR count). The summed E-state index contributed by atoms with van der Waals surface area (Å²) in [6.07, 6.45) is 2.61.